The van der Waals surface area contributed by atoms with Gasteiger partial charge in [-0.25, -0.2) is 4.98 Å². The number of aromatic nitrogens is 1. The molecule has 0 saturated heterocycles. The third kappa shape index (κ3) is 3.13. The summed E-state index contributed by atoms with van der Waals surface area (Å²) in [6.45, 7) is 2.65. The number of halogens is 1. The van der Waals surface area contributed by atoms with Gasteiger partial charge in [0.2, 0.25) is 0 Å². The van der Waals surface area contributed by atoms with Crippen LogP contribution in [0.5, 0.6) is 0 Å². The van der Waals surface area contributed by atoms with Crippen molar-refractivity contribution in [2.45, 2.75) is 13.8 Å². The summed E-state index contributed by atoms with van der Waals surface area (Å²) in [6.07, 6.45) is 1.51. The van der Waals surface area contributed by atoms with Gasteiger partial charge in [-0.2, -0.15) is 0 Å². The Kier molecular flexibility index (Phi) is 4.13. The first-order valence-electron chi connectivity index (χ1n) is 4.45. The van der Waals surface area contributed by atoms with E-state index in [-0.39, 0.29) is 22.4 Å². The molecular weight excluding hydrogens is 230 g/mol. The summed E-state index contributed by atoms with van der Waals surface area (Å²) in [5, 5.41) is 16.7. The zero-order valence-corrected chi connectivity index (χ0v) is 9.56. The van der Waals surface area contributed by atoms with Crippen LogP contribution in [0.3, 0.4) is 0 Å². The van der Waals surface area contributed by atoms with E-state index < -0.39 is 0 Å². The van der Waals surface area contributed by atoms with Crippen molar-refractivity contribution in [3.05, 3.63) is 34.9 Å². The van der Waals surface area contributed by atoms with Gasteiger partial charge in [0.25, 0.3) is 0 Å². The van der Waals surface area contributed by atoms with E-state index in [1.54, 1.807) is 12.1 Å². The van der Waals surface area contributed by atoms with Crippen molar-refractivity contribution in [1.82, 2.24) is 4.98 Å². The van der Waals surface area contributed by atoms with Crippen molar-refractivity contribution >= 4 is 23.1 Å². The second-order valence-electron chi connectivity index (χ2n) is 3.00. The van der Waals surface area contributed by atoms with Crippen molar-refractivity contribution in [3.63, 3.8) is 0 Å². The highest BCUT2D eigenvalue weighted by atomic mass is 35.5. The number of nitrogens with zero attached hydrogens (tertiary/aromatic N) is 3. The predicted molar refractivity (Wildman–Crippen MR) is 59.8 cm³/mol. The molecule has 0 aliphatic heterocycles. The highest BCUT2D eigenvalue weighted by molar-refractivity contribution is 6.31. The number of aliphatic hydroxyl groups is 1. The summed E-state index contributed by atoms with van der Waals surface area (Å²) in [6, 6.07) is 3.24. The Morgan fingerprint density at radius 1 is 1.50 bits per heavy atom. The molecule has 0 amide bonds. The van der Waals surface area contributed by atoms with Gasteiger partial charge in [0, 0.05) is 13.1 Å². The summed E-state index contributed by atoms with van der Waals surface area (Å²) < 4.78 is 0. The largest absolute Gasteiger partial charge is 0.510 e. The number of aliphatic hydroxyl groups excluding tert-OH is 1. The molecule has 0 radical (unpaired) electrons. The molecule has 0 aliphatic carbocycles. The second-order valence-corrected chi connectivity index (χ2v) is 3.36. The van der Waals surface area contributed by atoms with Gasteiger partial charge < -0.3 is 5.11 Å². The van der Waals surface area contributed by atoms with Crippen molar-refractivity contribution in [3.8, 4) is 0 Å². The molecule has 1 aromatic heterocycles. The second kappa shape index (κ2) is 5.37. The van der Waals surface area contributed by atoms with Crippen LogP contribution in [0.2, 0.25) is 5.15 Å². The lowest BCUT2D eigenvalue weighted by molar-refractivity contribution is -0.113. The third-order valence-corrected chi connectivity index (χ3v) is 1.96. The molecule has 16 heavy (non-hydrogen) atoms. The Bertz CT molecular complexity index is 465. The topological polar surface area (TPSA) is 74.9 Å². The van der Waals surface area contributed by atoms with E-state index >= 15 is 0 Å². The summed E-state index contributed by atoms with van der Waals surface area (Å²) in [5.41, 5.74) is 0.240. The molecule has 0 aliphatic rings. The summed E-state index contributed by atoms with van der Waals surface area (Å²) in [5.74, 6) is -0.556. The number of carbonyl (C=O) groups excluding carboxylic acids is 1. The number of hydrogen-bond donors (Lipinski definition) is 1. The van der Waals surface area contributed by atoms with Crippen LogP contribution < -0.4 is 0 Å². The molecule has 0 unspecified atom stereocenters. The Balaban J connectivity index is 3.02. The van der Waals surface area contributed by atoms with Gasteiger partial charge in [-0.3, -0.25) is 4.79 Å². The van der Waals surface area contributed by atoms with E-state index in [1.165, 1.54) is 20.0 Å². The van der Waals surface area contributed by atoms with Crippen LogP contribution in [0.4, 0.5) is 5.69 Å². The zero-order valence-electron chi connectivity index (χ0n) is 8.81. The fraction of sp³-hybridized carbons (Fsp3) is 0.200. The Morgan fingerprint density at radius 2 is 2.19 bits per heavy atom. The van der Waals surface area contributed by atoms with Crippen molar-refractivity contribution in [1.29, 1.82) is 0 Å². The summed E-state index contributed by atoms with van der Waals surface area (Å²) in [7, 11) is 0. The maximum Gasteiger partial charge on any atom is 0.183 e. The molecule has 0 atom stereocenters. The first-order valence-corrected chi connectivity index (χ1v) is 4.83. The lowest BCUT2D eigenvalue weighted by Crippen LogP contribution is -1.96. The molecular formula is C10H10ClN3O2. The van der Waals surface area contributed by atoms with Crippen LogP contribution in [0.1, 0.15) is 13.8 Å². The number of pyridine rings is 1. The molecule has 1 rings (SSSR count). The smallest absolute Gasteiger partial charge is 0.183 e. The Hall–Kier alpha value is -1.75. The van der Waals surface area contributed by atoms with Crippen molar-refractivity contribution in [2.75, 3.05) is 0 Å². The molecule has 1 heterocycles. The minimum Gasteiger partial charge on any atom is -0.510 e. The van der Waals surface area contributed by atoms with Gasteiger partial charge in [-0.05, 0) is 19.1 Å². The fourth-order valence-electron chi connectivity index (χ4n) is 0.954. The SMILES string of the molecule is CC(=O)/C(N=Nc1cccnc1Cl)=C(/C)O. The van der Waals surface area contributed by atoms with Gasteiger partial charge in [0.15, 0.2) is 16.6 Å². The molecule has 0 saturated carbocycles. The number of azo groups is 1. The van der Waals surface area contributed by atoms with Crippen LogP contribution in [0.25, 0.3) is 0 Å². The lowest BCUT2D eigenvalue weighted by Gasteiger charge is -1.97. The van der Waals surface area contributed by atoms with Gasteiger partial charge in [0.05, 0.1) is 0 Å². The number of carbonyl (C=O) groups is 1. The predicted octanol–water partition coefficient (Wildman–Crippen LogP) is 3.20. The van der Waals surface area contributed by atoms with E-state index in [1.807, 2.05) is 0 Å². The van der Waals surface area contributed by atoms with Crippen LogP contribution in [-0.4, -0.2) is 15.9 Å². The van der Waals surface area contributed by atoms with Gasteiger partial charge in [-0.1, -0.05) is 11.6 Å². The van der Waals surface area contributed by atoms with E-state index in [0.29, 0.717) is 5.69 Å². The number of rotatable bonds is 3. The Morgan fingerprint density at radius 3 is 2.69 bits per heavy atom. The lowest BCUT2D eigenvalue weighted by atomic mass is 10.3. The molecule has 0 bridgehead atoms. The highest BCUT2D eigenvalue weighted by Crippen LogP contribution is 2.22. The standard InChI is InChI=1S/C10H10ClN3O2/c1-6(15)9(7(2)16)14-13-8-4-3-5-12-10(8)11/h3-5,15H,1-2H3/b9-6+,14-13?. The third-order valence-electron chi connectivity index (χ3n) is 1.67. The average molecular weight is 240 g/mol. The quantitative estimate of drug-likeness (QED) is 0.381. The summed E-state index contributed by atoms with van der Waals surface area (Å²) in [4.78, 5) is 14.9. The molecule has 84 valence electrons. The minimum absolute atomic E-state index is 0.0973. The molecule has 1 aromatic rings. The first-order chi connectivity index (χ1) is 7.52. The molecule has 1 N–H and O–H groups in total. The first kappa shape index (κ1) is 12.3. The normalized spacial score (nSPS) is 12.7. The monoisotopic (exact) mass is 239 g/mol. The molecule has 0 aromatic carbocycles. The number of Topliss-reactive ketones (excluding diaryl/α,β-unsaturated/α-hetero) is 1. The van der Waals surface area contributed by atoms with E-state index in [4.69, 9.17) is 11.6 Å². The van der Waals surface area contributed by atoms with E-state index in [2.05, 4.69) is 15.2 Å². The minimum atomic E-state index is -0.372. The molecule has 0 spiro atoms. The molecule has 5 nitrogen and oxygen atoms in total. The van der Waals surface area contributed by atoms with Gasteiger partial charge >= 0.3 is 0 Å². The van der Waals surface area contributed by atoms with Crippen LogP contribution in [-0.2, 0) is 4.79 Å². The summed E-state index contributed by atoms with van der Waals surface area (Å²) >= 11 is 5.74. The maximum absolute atomic E-state index is 11.1. The van der Waals surface area contributed by atoms with Crippen molar-refractivity contribution in [2.24, 2.45) is 10.2 Å². The fourth-order valence-corrected chi connectivity index (χ4v) is 1.11. The van der Waals surface area contributed by atoms with E-state index in [0.717, 1.165) is 0 Å². The van der Waals surface area contributed by atoms with Crippen LogP contribution in [0.15, 0.2) is 40.0 Å². The average Bonchev–Trinajstić information content (AvgIpc) is 2.20. The molecule has 0 fully saturated rings. The van der Waals surface area contributed by atoms with Gasteiger partial charge in [-0.15, -0.1) is 10.2 Å². The maximum atomic E-state index is 11.1. The van der Waals surface area contributed by atoms with E-state index in [9.17, 15) is 9.90 Å². The number of allylic oxidation sites excluding steroid dienone is 2. The van der Waals surface area contributed by atoms with Crippen molar-refractivity contribution < 1.29 is 9.90 Å². The number of ketones is 1. The zero-order chi connectivity index (χ0) is 12.1. The Labute approximate surface area is 97.5 Å². The van der Waals surface area contributed by atoms with Crippen LogP contribution in [0, 0.1) is 0 Å². The highest BCUT2D eigenvalue weighted by Gasteiger charge is 2.07. The number of hydrogen-bond acceptors (Lipinski definition) is 5. The van der Waals surface area contributed by atoms with Gasteiger partial charge in [0.1, 0.15) is 11.4 Å². The van der Waals surface area contributed by atoms with Crippen LogP contribution >= 0.6 is 11.6 Å². The molecule has 6 heteroatoms.